The first-order chi connectivity index (χ1) is 5.24. The van der Waals surface area contributed by atoms with Crippen LogP contribution < -0.4 is 10.9 Å². The van der Waals surface area contributed by atoms with Crippen LogP contribution in [-0.4, -0.2) is 10.2 Å². The number of nitrogens with one attached hydrogen (secondary N) is 2. The van der Waals surface area contributed by atoms with Gasteiger partial charge in [-0.2, -0.15) is 10.4 Å². The molecule has 0 aliphatic carbocycles. The maximum absolute atomic E-state index is 10.8. The summed E-state index contributed by atoms with van der Waals surface area (Å²) in [6, 6.07) is 1.27. The first kappa shape index (κ1) is 7.57. The van der Waals surface area contributed by atoms with Gasteiger partial charge in [0.1, 0.15) is 5.69 Å². The van der Waals surface area contributed by atoms with Crippen molar-refractivity contribution in [1.29, 1.82) is 5.26 Å². The third kappa shape index (κ3) is 1.69. The predicted octanol–water partition coefficient (Wildman–Crippen LogP) is 0.316. The number of halogens is 1. The van der Waals surface area contributed by atoms with Crippen LogP contribution in [0.3, 0.4) is 0 Å². The molecular weight excluding hydrogens is 168 g/mol. The highest BCUT2D eigenvalue weighted by Crippen LogP contribution is 2.04. The molecule has 0 atom stereocenters. The van der Waals surface area contributed by atoms with Crippen molar-refractivity contribution in [3.05, 3.63) is 21.6 Å². The van der Waals surface area contributed by atoms with Gasteiger partial charge in [-0.05, 0) is 0 Å². The number of aromatic amines is 1. The summed E-state index contributed by atoms with van der Waals surface area (Å²) in [5.41, 5.74) is -0.386. The monoisotopic (exact) mass is 170 g/mol. The molecule has 0 aromatic carbocycles. The van der Waals surface area contributed by atoms with E-state index in [1.165, 1.54) is 6.07 Å². The molecule has 2 N–H and O–H groups in total. The number of rotatable bonds is 1. The fourth-order valence-electron chi connectivity index (χ4n) is 0.534. The Morgan fingerprint density at radius 2 is 2.55 bits per heavy atom. The fraction of sp³-hybridized carbons (Fsp3) is 0. The largest absolute Gasteiger partial charge is 0.288 e. The van der Waals surface area contributed by atoms with Crippen LogP contribution >= 0.6 is 11.6 Å². The molecule has 0 saturated heterocycles. The van der Waals surface area contributed by atoms with Crippen LogP contribution in [0.25, 0.3) is 0 Å². The Balaban J connectivity index is 3.15. The molecule has 0 amide bonds. The number of anilines is 1. The number of H-pyrrole nitrogens is 1. The van der Waals surface area contributed by atoms with E-state index in [1.807, 2.05) is 0 Å². The van der Waals surface area contributed by atoms with Crippen molar-refractivity contribution in [3.63, 3.8) is 0 Å². The van der Waals surface area contributed by atoms with Gasteiger partial charge in [0.2, 0.25) is 0 Å². The SMILES string of the molecule is N#CNc1cc(Cl)n[nH]c1=O. The molecule has 1 aromatic heterocycles. The summed E-state index contributed by atoms with van der Waals surface area (Å²) >= 11 is 5.42. The van der Waals surface area contributed by atoms with Gasteiger partial charge in [0.05, 0.1) is 0 Å². The molecule has 1 heterocycles. The maximum Gasteiger partial charge on any atom is 0.288 e. The van der Waals surface area contributed by atoms with E-state index in [0.717, 1.165) is 0 Å². The van der Waals surface area contributed by atoms with E-state index in [9.17, 15) is 4.79 Å². The number of aromatic nitrogens is 2. The molecule has 0 radical (unpaired) electrons. The van der Waals surface area contributed by atoms with E-state index in [0.29, 0.717) is 0 Å². The summed E-state index contributed by atoms with van der Waals surface area (Å²) in [6.45, 7) is 0. The number of hydrogen-bond acceptors (Lipinski definition) is 4. The lowest BCUT2D eigenvalue weighted by molar-refractivity contribution is 0.992. The molecule has 0 fully saturated rings. The normalized spacial score (nSPS) is 8.73. The van der Waals surface area contributed by atoms with Crippen LogP contribution in [0.1, 0.15) is 0 Å². The highest BCUT2D eigenvalue weighted by Gasteiger charge is 1.98. The highest BCUT2D eigenvalue weighted by atomic mass is 35.5. The Morgan fingerprint density at radius 3 is 3.18 bits per heavy atom. The van der Waals surface area contributed by atoms with Gasteiger partial charge < -0.3 is 0 Å². The van der Waals surface area contributed by atoms with E-state index in [1.54, 1.807) is 6.19 Å². The van der Waals surface area contributed by atoms with Gasteiger partial charge >= 0.3 is 0 Å². The summed E-state index contributed by atoms with van der Waals surface area (Å²) in [7, 11) is 0. The Bertz CT molecular complexity index is 352. The number of nitriles is 1. The molecule has 6 heteroatoms. The Hall–Kier alpha value is -1.54. The summed E-state index contributed by atoms with van der Waals surface area (Å²) in [6.07, 6.45) is 1.60. The molecule has 0 spiro atoms. The first-order valence-corrected chi connectivity index (χ1v) is 3.02. The summed E-state index contributed by atoms with van der Waals surface area (Å²) in [4.78, 5) is 10.8. The number of nitrogens with zero attached hydrogens (tertiary/aromatic N) is 2. The molecular formula is C5H3ClN4O. The van der Waals surface area contributed by atoms with Crippen molar-refractivity contribution in [2.24, 2.45) is 0 Å². The molecule has 11 heavy (non-hydrogen) atoms. The summed E-state index contributed by atoms with van der Waals surface area (Å²) < 4.78 is 0. The second kappa shape index (κ2) is 3.03. The van der Waals surface area contributed by atoms with Gasteiger partial charge in [0.25, 0.3) is 5.56 Å². The smallest absolute Gasteiger partial charge is 0.287 e. The van der Waals surface area contributed by atoms with Crippen LogP contribution in [0, 0.1) is 11.5 Å². The molecule has 0 aliphatic rings. The van der Waals surface area contributed by atoms with Crippen molar-refractivity contribution in [1.82, 2.24) is 10.2 Å². The lowest BCUT2D eigenvalue weighted by Gasteiger charge is -1.93. The van der Waals surface area contributed by atoms with Crippen molar-refractivity contribution in [3.8, 4) is 6.19 Å². The lowest BCUT2D eigenvalue weighted by Crippen LogP contribution is -2.12. The Kier molecular flexibility index (Phi) is 2.09. The molecule has 5 nitrogen and oxygen atoms in total. The summed E-state index contributed by atoms with van der Waals surface area (Å²) in [5.74, 6) is 0. The third-order valence-corrected chi connectivity index (χ3v) is 1.16. The molecule has 0 unspecified atom stereocenters. The molecule has 0 bridgehead atoms. The van der Waals surface area contributed by atoms with E-state index in [2.05, 4.69) is 15.5 Å². The highest BCUT2D eigenvalue weighted by molar-refractivity contribution is 6.29. The van der Waals surface area contributed by atoms with Crippen LogP contribution in [0.4, 0.5) is 5.69 Å². The molecule has 0 saturated carbocycles. The fourth-order valence-corrected chi connectivity index (χ4v) is 0.686. The van der Waals surface area contributed by atoms with Gasteiger partial charge in [0.15, 0.2) is 11.3 Å². The van der Waals surface area contributed by atoms with Gasteiger partial charge in [-0.1, -0.05) is 11.6 Å². The second-order valence-electron chi connectivity index (χ2n) is 1.67. The van der Waals surface area contributed by atoms with Crippen molar-refractivity contribution >= 4 is 17.3 Å². The van der Waals surface area contributed by atoms with Crippen molar-refractivity contribution in [2.75, 3.05) is 5.32 Å². The minimum atomic E-state index is -0.476. The Morgan fingerprint density at radius 1 is 1.82 bits per heavy atom. The van der Waals surface area contributed by atoms with Gasteiger partial charge in [-0.25, -0.2) is 5.10 Å². The standard InChI is InChI=1S/C5H3ClN4O/c6-4-1-3(8-2-7)5(11)10-9-4/h1H,(H,8,9)(H,10,11). The van der Waals surface area contributed by atoms with Gasteiger partial charge in [0, 0.05) is 6.07 Å². The first-order valence-electron chi connectivity index (χ1n) is 2.64. The average molecular weight is 171 g/mol. The zero-order valence-corrected chi connectivity index (χ0v) is 6.01. The van der Waals surface area contributed by atoms with Crippen LogP contribution in [0.2, 0.25) is 5.15 Å². The number of hydrogen-bond donors (Lipinski definition) is 2. The minimum absolute atomic E-state index is 0.0903. The molecule has 56 valence electrons. The summed E-state index contributed by atoms with van der Waals surface area (Å²) in [5, 5.41) is 15.9. The van der Waals surface area contributed by atoms with E-state index in [-0.39, 0.29) is 10.8 Å². The predicted molar refractivity (Wildman–Crippen MR) is 39.1 cm³/mol. The topological polar surface area (TPSA) is 81.6 Å². The van der Waals surface area contributed by atoms with E-state index < -0.39 is 5.56 Å². The zero-order valence-electron chi connectivity index (χ0n) is 5.26. The third-order valence-electron chi connectivity index (χ3n) is 0.963. The maximum atomic E-state index is 10.8. The van der Waals surface area contributed by atoms with Gasteiger partial charge in [-0.15, -0.1) is 0 Å². The van der Waals surface area contributed by atoms with Gasteiger partial charge in [-0.3, -0.25) is 10.1 Å². The lowest BCUT2D eigenvalue weighted by atomic mass is 10.5. The quantitative estimate of drug-likeness (QED) is 0.470. The zero-order chi connectivity index (χ0) is 8.27. The van der Waals surface area contributed by atoms with Crippen LogP contribution in [0.15, 0.2) is 10.9 Å². The van der Waals surface area contributed by atoms with E-state index >= 15 is 0 Å². The molecule has 0 aliphatic heterocycles. The van der Waals surface area contributed by atoms with Crippen LogP contribution in [-0.2, 0) is 0 Å². The Labute approximate surface area is 66.6 Å². The average Bonchev–Trinajstić information content (AvgIpc) is 1.98. The van der Waals surface area contributed by atoms with Crippen molar-refractivity contribution in [2.45, 2.75) is 0 Å². The van der Waals surface area contributed by atoms with E-state index in [4.69, 9.17) is 16.9 Å². The molecule has 1 aromatic rings. The minimum Gasteiger partial charge on any atom is -0.287 e. The molecule has 1 rings (SSSR count). The van der Waals surface area contributed by atoms with Crippen molar-refractivity contribution < 1.29 is 0 Å². The second-order valence-corrected chi connectivity index (χ2v) is 2.06. The van der Waals surface area contributed by atoms with Crippen LogP contribution in [0.5, 0.6) is 0 Å².